The molecule has 0 unspecified atom stereocenters. The Morgan fingerprint density at radius 3 is 3.17 bits per heavy atom. The summed E-state index contributed by atoms with van der Waals surface area (Å²) in [6, 6.07) is 1.61. The first-order valence-electron chi connectivity index (χ1n) is 7.27. The number of aryl methyl sites for hydroxylation is 1. The number of fused-ring (bicyclic) bond motifs is 1. The fraction of sp³-hybridized carbons (Fsp3) is 0.429. The Bertz CT molecular complexity index is 701. The number of ether oxygens (including phenoxy) is 2. The molecule has 0 bridgehead atoms. The van der Waals surface area contributed by atoms with E-state index in [-0.39, 0.29) is 24.0 Å². The van der Waals surface area contributed by atoms with E-state index >= 15 is 0 Å². The van der Waals surface area contributed by atoms with E-state index in [1.54, 1.807) is 23.1 Å². The van der Waals surface area contributed by atoms with Gasteiger partial charge in [0.2, 0.25) is 5.88 Å². The highest BCUT2D eigenvalue weighted by Gasteiger charge is 2.19. The van der Waals surface area contributed by atoms with E-state index in [2.05, 4.69) is 15.4 Å². The lowest BCUT2D eigenvalue weighted by Crippen LogP contribution is -2.16. The van der Waals surface area contributed by atoms with Crippen molar-refractivity contribution in [2.45, 2.75) is 26.3 Å². The molecule has 0 radical (unpaired) electrons. The monoisotopic (exact) mass is 336 g/mol. The van der Waals surface area contributed by atoms with Crippen molar-refractivity contribution in [2.24, 2.45) is 0 Å². The predicted molar refractivity (Wildman–Crippen MR) is 82.7 cm³/mol. The van der Waals surface area contributed by atoms with Crippen LogP contribution >= 0.6 is 11.3 Å². The summed E-state index contributed by atoms with van der Waals surface area (Å²) in [5.74, 6) is -0.0920. The second kappa shape index (κ2) is 6.78. The molecule has 0 aromatic carbocycles. The van der Waals surface area contributed by atoms with Gasteiger partial charge in [0, 0.05) is 24.4 Å². The Labute approximate surface area is 136 Å². The first-order chi connectivity index (χ1) is 11.2. The fourth-order valence-electron chi connectivity index (χ4n) is 2.14. The van der Waals surface area contributed by atoms with Crippen LogP contribution in [0, 0.1) is 0 Å². The number of rotatable bonds is 5. The maximum atomic E-state index is 12.2. The predicted octanol–water partition coefficient (Wildman–Crippen LogP) is 1.48. The third kappa shape index (κ3) is 3.67. The van der Waals surface area contributed by atoms with Crippen LogP contribution in [-0.2, 0) is 22.5 Å². The van der Waals surface area contributed by atoms with E-state index in [0.717, 1.165) is 13.0 Å². The number of nitrogens with one attached hydrogen (secondary N) is 1. The zero-order valence-electron chi connectivity index (χ0n) is 12.6. The second-order valence-electron chi connectivity index (χ2n) is 4.87. The maximum Gasteiger partial charge on any atom is 0.311 e. The molecule has 0 saturated carbocycles. The lowest BCUT2D eigenvalue weighted by Gasteiger charge is -2.13. The number of carbonyl (C=O) groups excluding carboxylic acids is 2. The smallest absolute Gasteiger partial charge is 0.311 e. The van der Waals surface area contributed by atoms with Gasteiger partial charge in [-0.25, -0.2) is 9.67 Å². The highest BCUT2D eigenvalue weighted by molar-refractivity contribution is 7.14. The summed E-state index contributed by atoms with van der Waals surface area (Å²) in [5, 5.41) is 9.02. The first kappa shape index (κ1) is 15.5. The van der Waals surface area contributed by atoms with Crippen molar-refractivity contribution in [3.05, 3.63) is 22.8 Å². The number of thiazole rings is 1. The molecular formula is C14H16N4O4S. The molecule has 23 heavy (non-hydrogen) atoms. The maximum absolute atomic E-state index is 12.2. The minimum absolute atomic E-state index is 0.0901. The van der Waals surface area contributed by atoms with Crippen molar-refractivity contribution >= 4 is 28.3 Å². The second-order valence-corrected chi connectivity index (χ2v) is 5.73. The van der Waals surface area contributed by atoms with Crippen LogP contribution in [0.15, 0.2) is 11.4 Å². The Kier molecular flexibility index (Phi) is 4.56. The summed E-state index contributed by atoms with van der Waals surface area (Å²) in [6.07, 6.45) is 0.965. The normalized spacial score (nSPS) is 13.1. The molecule has 0 saturated heterocycles. The lowest BCUT2D eigenvalue weighted by molar-refractivity contribution is -0.142. The van der Waals surface area contributed by atoms with Crippen LogP contribution in [-0.4, -0.2) is 39.9 Å². The van der Waals surface area contributed by atoms with Gasteiger partial charge in [0.15, 0.2) is 10.8 Å². The van der Waals surface area contributed by atoms with Gasteiger partial charge in [-0.1, -0.05) is 0 Å². The van der Waals surface area contributed by atoms with Gasteiger partial charge in [-0.2, -0.15) is 5.10 Å². The van der Waals surface area contributed by atoms with Gasteiger partial charge in [-0.3, -0.25) is 14.9 Å². The molecule has 3 heterocycles. The van der Waals surface area contributed by atoms with Gasteiger partial charge >= 0.3 is 5.97 Å². The number of hydrogen-bond acceptors (Lipinski definition) is 7. The van der Waals surface area contributed by atoms with Gasteiger partial charge in [0.1, 0.15) is 0 Å². The Hall–Kier alpha value is -2.42. The molecule has 1 aliphatic heterocycles. The zero-order valence-corrected chi connectivity index (χ0v) is 13.4. The Morgan fingerprint density at radius 1 is 1.52 bits per heavy atom. The summed E-state index contributed by atoms with van der Waals surface area (Å²) in [4.78, 5) is 27.8. The molecule has 2 aromatic rings. The van der Waals surface area contributed by atoms with E-state index < -0.39 is 0 Å². The minimum atomic E-state index is -0.354. The van der Waals surface area contributed by atoms with Crippen LogP contribution in [0.1, 0.15) is 29.5 Å². The van der Waals surface area contributed by atoms with Crippen LogP contribution in [0.4, 0.5) is 5.13 Å². The number of anilines is 1. The van der Waals surface area contributed by atoms with Crippen LogP contribution < -0.4 is 10.1 Å². The molecule has 8 nitrogen and oxygen atoms in total. The number of carbonyl (C=O) groups is 2. The molecule has 9 heteroatoms. The first-order valence-corrected chi connectivity index (χ1v) is 8.15. The van der Waals surface area contributed by atoms with E-state index in [0.29, 0.717) is 29.9 Å². The third-order valence-corrected chi connectivity index (χ3v) is 3.95. The zero-order chi connectivity index (χ0) is 16.2. The summed E-state index contributed by atoms with van der Waals surface area (Å²) < 4.78 is 12.0. The van der Waals surface area contributed by atoms with Crippen LogP contribution in [0.2, 0.25) is 0 Å². The van der Waals surface area contributed by atoms with Crippen LogP contribution in [0.5, 0.6) is 5.88 Å². The van der Waals surface area contributed by atoms with Gasteiger partial charge in [-0.15, -0.1) is 11.3 Å². The van der Waals surface area contributed by atoms with Crippen LogP contribution in [0.25, 0.3) is 0 Å². The molecule has 1 aliphatic rings. The number of esters is 1. The van der Waals surface area contributed by atoms with E-state index in [1.807, 2.05) is 0 Å². The number of hydrogen-bond donors (Lipinski definition) is 1. The largest absolute Gasteiger partial charge is 0.478 e. The molecule has 122 valence electrons. The van der Waals surface area contributed by atoms with Crippen molar-refractivity contribution in [1.29, 1.82) is 0 Å². The molecule has 0 aliphatic carbocycles. The molecule has 1 amide bonds. The van der Waals surface area contributed by atoms with E-state index in [4.69, 9.17) is 9.47 Å². The summed E-state index contributed by atoms with van der Waals surface area (Å²) in [5.41, 5.74) is 0.847. The van der Waals surface area contributed by atoms with E-state index in [9.17, 15) is 9.59 Å². The summed E-state index contributed by atoms with van der Waals surface area (Å²) in [6.45, 7) is 3.46. The van der Waals surface area contributed by atoms with Gasteiger partial charge in [0.05, 0.1) is 25.3 Å². The van der Waals surface area contributed by atoms with Crippen LogP contribution in [0.3, 0.4) is 0 Å². The molecule has 0 spiro atoms. The highest BCUT2D eigenvalue weighted by atomic mass is 32.1. The van der Waals surface area contributed by atoms with Gasteiger partial charge < -0.3 is 9.47 Å². The third-order valence-electron chi connectivity index (χ3n) is 3.14. The highest BCUT2D eigenvalue weighted by Crippen LogP contribution is 2.21. The van der Waals surface area contributed by atoms with Gasteiger partial charge in [-0.05, 0) is 6.92 Å². The molecule has 1 N–H and O–H groups in total. The van der Waals surface area contributed by atoms with Gasteiger partial charge in [0.25, 0.3) is 5.91 Å². The van der Waals surface area contributed by atoms with Crippen molar-refractivity contribution in [3.8, 4) is 5.88 Å². The average molecular weight is 336 g/mol. The Balaban J connectivity index is 1.63. The molecule has 2 aromatic heterocycles. The van der Waals surface area contributed by atoms with Crippen molar-refractivity contribution in [2.75, 3.05) is 18.5 Å². The topological polar surface area (TPSA) is 95.3 Å². The van der Waals surface area contributed by atoms with Crippen molar-refractivity contribution < 1.29 is 19.1 Å². The summed E-state index contributed by atoms with van der Waals surface area (Å²) >= 11 is 1.25. The standard InChI is InChI=1S/C14H16N4O4S/c1-2-21-12(19)6-9-8-23-14(15-9)16-13(20)10-7-11-18(17-10)4-3-5-22-11/h7-8H,2-6H2,1H3,(H,15,16,20). The molecular weight excluding hydrogens is 320 g/mol. The number of amides is 1. The van der Waals surface area contributed by atoms with E-state index in [1.165, 1.54) is 11.3 Å². The Morgan fingerprint density at radius 2 is 2.39 bits per heavy atom. The van der Waals surface area contributed by atoms with Crippen molar-refractivity contribution in [1.82, 2.24) is 14.8 Å². The minimum Gasteiger partial charge on any atom is -0.478 e. The fourth-order valence-corrected chi connectivity index (χ4v) is 2.85. The average Bonchev–Trinajstić information content (AvgIpc) is 3.14. The number of aromatic nitrogens is 3. The lowest BCUT2D eigenvalue weighted by atomic mass is 10.3. The quantitative estimate of drug-likeness (QED) is 0.831. The number of nitrogens with zero attached hydrogens (tertiary/aromatic N) is 3. The molecule has 0 atom stereocenters. The SMILES string of the molecule is CCOC(=O)Cc1csc(NC(=O)c2cc3n(n2)CCCO3)n1. The van der Waals surface area contributed by atoms with Crippen molar-refractivity contribution in [3.63, 3.8) is 0 Å². The molecule has 3 rings (SSSR count). The summed E-state index contributed by atoms with van der Waals surface area (Å²) in [7, 11) is 0. The molecule has 0 fully saturated rings.